The number of ether oxygens (including phenoxy) is 1. The van der Waals surface area contributed by atoms with Gasteiger partial charge in [0.2, 0.25) is 0 Å². The largest absolute Gasteiger partial charge is 0.444 e. The molecule has 1 aromatic carbocycles. The van der Waals surface area contributed by atoms with Gasteiger partial charge in [-0.15, -0.1) is 24.0 Å². The van der Waals surface area contributed by atoms with Crippen molar-refractivity contribution >= 4 is 41.7 Å². The molecule has 0 unspecified atom stereocenters. The Kier molecular flexibility index (Phi) is 8.92. The number of hydrogen-bond donors (Lipinski definition) is 2. The van der Waals surface area contributed by atoms with Crippen molar-refractivity contribution in [3.63, 3.8) is 0 Å². The number of guanidine groups is 1. The zero-order valence-electron chi connectivity index (χ0n) is 16.6. The van der Waals surface area contributed by atoms with Gasteiger partial charge in [-0.05, 0) is 33.3 Å². The third-order valence-corrected chi connectivity index (χ3v) is 3.76. The summed E-state index contributed by atoms with van der Waals surface area (Å²) in [5.74, 6) is 0.609. The van der Waals surface area contributed by atoms with E-state index in [9.17, 15) is 14.9 Å². The summed E-state index contributed by atoms with van der Waals surface area (Å²) in [6.45, 7) is 9.55. The minimum absolute atomic E-state index is 0. The summed E-state index contributed by atoms with van der Waals surface area (Å²) in [6.07, 6.45) is -0.320. The molecule has 1 aliphatic rings. The lowest BCUT2D eigenvalue weighted by Gasteiger charge is -2.40. The summed E-state index contributed by atoms with van der Waals surface area (Å²) in [5, 5.41) is 17.3. The molecule has 0 bridgehead atoms. The van der Waals surface area contributed by atoms with Gasteiger partial charge in [0.15, 0.2) is 5.96 Å². The van der Waals surface area contributed by atoms with Crippen molar-refractivity contribution in [2.75, 3.05) is 19.6 Å². The second kappa shape index (κ2) is 10.4. The molecule has 0 aliphatic carbocycles. The Morgan fingerprint density at radius 2 is 2.07 bits per heavy atom. The lowest BCUT2D eigenvalue weighted by atomic mass is 10.1. The van der Waals surface area contributed by atoms with Crippen LogP contribution in [-0.4, -0.2) is 53.2 Å². The number of amides is 1. The van der Waals surface area contributed by atoms with Gasteiger partial charge in [-0.3, -0.25) is 10.1 Å². The minimum Gasteiger partial charge on any atom is -0.444 e. The summed E-state index contributed by atoms with van der Waals surface area (Å²) in [5.41, 5.74) is 0.294. The van der Waals surface area contributed by atoms with E-state index in [0.717, 1.165) is 5.56 Å². The van der Waals surface area contributed by atoms with Gasteiger partial charge >= 0.3 is 6.09 Å². The van der Waals surface area contributed by atoms with Gasteiger partial charge in [-0.2, -0.15) is 0 Å². The molecular weight excluding hydrogens is 477 g/mol. The van der Waals surface area contributed by atoms with Crippen molar-refractivity contribution in [2.45, 2.75) is 45.9 Å². The number of nitrogens with zero attached hydrogens (tertiary/aromatic N) is 3. The molecule has 1 heterocycles. The third kappa shape index (κ3) is 7.49. The SMILES string of the molecule is CCNC(=NCc1cccc([N+](=O)[O-])c1)NC1CN(C(=O)OC(C)(C)C)C1.I. The molecule has 0 atom stereocenters. The second-order valence-corrected chi connectivity index (χ2v) is 7.35. The summed E-state index contributed by atoms with van der Waals surface area (Å²) < 4.78 is 5.34. The fourth-order valence-electron chi connectivity index (χ4n) is 2.50. The van der Waals surface area contributed by atoms with E-state index in [0.29, 0.717) is 32.1 Å². The third-order valence-electron chi connectivity index (χ3n) is 3.76. The standard InChI is InChI=1S/C18H27N5O4.HI/c1-5-19-16(20-10-13-7-6-8-15(9-13)23(25)26)21-14-11-22(12-14)17(24)27-18(2,3)4;/h6-9,14H,5,10-12H2,1-4H3,(H2,19,20,21);1H. The van der Waals surface area contributed by atoms with Crippen LogP contribution in [0.3, 0.4) is 0 Å². The average Bonchev–Trinajstić information content (AvgIpc) is 2.53. The topological polar surface area (TPSA) is 109 Å². The molecule has 1 aliphatic heterocycles. The molecule has 2 N–H and O–H groups in total. The summed E-state index contributed by atoms with van der Waals surface area (Å²) in [7, 11) is 0. The first kappa shape index (κ1) is 23.9. The lowest BCUT2D eigenvalue weighted by Crippen LogP contribution is -2.63. The first-order chi connectivity index (χ1) is 12.7. The Morgan fingerprint density at radius 3 is 2.64 bits per heavy atom. The number of nitro benzene ring substituents is 1. The van der Waals surface area contributed by atoms with Crippen LogP contribution in [0.25, 0.3) is 0 Å². The second-order valence-electron chi connectivity index (χ2n) is 7.35. The van der Waals surface area contributed by atoms with Crippen molar-refractivity contribution in [3.05, 3.63) is 39.9 Å². The van der Waals surface area contributed by atoms with Crippen LogP contribution in [0.2, 0.25) is 0 Å². The van der Waals surface area contributed by atoms with Crippen LogP contribution in [0.4, 0.5) is 10.5 Å². The van der Waals surface area contributed by atoms with Gasteiger partial charge < -0.3 is 20.3 Å². The smallest absolute Gasteiger partial charge is 0.410 e. The van der Waals surface area contributed by atoms with Crippen molar-refractivity contribution in [2.24, 2.45) is 4.99 Å². The number of nitro groups is 1. The molecule has 0 spiro atoms. The normalized spacial score (nSPS) is 14.6. The lowest BCUT2D eigenvalue weighted by molar-refractivity contribution is -0.384. The number of benzene rings is 1. The van der Waals surface area contributed by atoms with Crippen LogP contribution < -0.4 is 10.6 Å². The number of nitrogens with one attached hydrogen (secondary N) is 2. The van der Waals surface area contributed by atoms with Crippen LogP contribution in [0.15, 0.2) is 29.3 Å². The molecule has 10 heteroatoms. The monoisotopic (exact) mass is 505 g/mol. The zero-order valence-corrected chi connectivity index (χ0v) is 18.9. The quantitative estimate of drug-likeness (QED) is 0.210. The van der Waals surface area contributed by atoms with Gasteiger partial charge in [-0.25, -0.2) is 9.79 Å². The van der Waals surface area contributed by atoms with E-state index in [1.165, 1.54) is 12.1 Å². The highest BCUT2D eigenvalue weighted by Gasteiger charge is 2.34. The Balaban J connectivity index is 0.00000392. The number of rotatable bonds is 5. The molecule has 0 saturated carbocycles. The Bertz CT molecular complexity index is 714. The number of carbonyl (C=O) groups is 1. The van der Waals surface area contributed by atoms with Crippen molar-refractivity contribution in [1.82, 2.24) is 15.5 Å². The van der Waals surface area contributed by atoms with E-state index >= 15 is 0 Å². The fourth-order valence-corrected chi connectivity index (χ4v) is 2.50. The molecule has 1 fully saturated rings. The van der Waals surface area contributed by atoms with Gasteiger partial charge in [0.05, 0.1) is 17.5 Å². The van der Waals surface area contributed by atoms with Crippen molar-refractivity contribution in [3.8, 4) is 0 Å². The van der Waals surface area contributed by atoms with Gasteiger partial charge in [-0.1, -0.05) is 12.1 Å². The highest BCUT2D eigenvalue weighted by molar-refractivity contribution is 14.0. The predicted octanol–water partition coefficient (Wildman–Crippen LogP) is 2.89. The van der Waals surface area contributed by atoms with Crippen molar-refractivity contribution in [1.29, 1.82) is 0 Å². The van der Waals surface area contributed by atoms with E-state index in [4.69, 9.17) is 4.74 Å². The van der Waals surface area contributed by atoms with E-state index in [1.54, 1.807) is 17.0 Å². The number of halogens is 1. The molecule has 9 nitrogen and oxygen atoms in total. The van der Waals surface area contributed by atoms with Gasteiger partial charge in [0, 0.05) is 31.8 Å². The summed E-state index contributed by atoms with van der Waals surface area (Å²) in [4.78, 5) is 28.5. The molecule has 156 valence electrons. The highest BCUT2D eigenvalue weighted by Crippen LogP contribution is 2.16. The molecule has 28 heavy (non-hydrogen) atoms. The first-order valence-electron chi connectivity index (χ1n) is 8.94. The van der Waals surface area contributed by atoms with Crippen LogP contribution in [0.1, 0.15) is 33.3 Å². The number of hydrogen-bond acceptors (Lipinski definition) is 5. The maximum atomic E-state index is 12.0. The summed E-state index contributed by atoms with van der Waals surface area (Å²) in [6, 6.07) is 6.50. The predicted molar refractivity (Wildman–Crippen MR) is 118 cm³/mol. The maximum Gasteiger partial charge on any atom is 0.410 e. The van der Waals surface area contributed by atoms with Gasteiger partial charge in [0.25, 0.3) is 5.69 Å². The fraction of sp³-hybridized carbons (Fsp3) is 0.556. The Labute approximate surface area is 182 Å². The van der Waals surface area contributed by atoms with E-state index in [1.807, 2.05) is 27.7 Å². The van der Waals surface area contributed by atoms with Crippen LogP contribution in [-0.2, 0) is 11.3 Å². The van der Waals surface area contributed by atoms with Crippen LogP contribution in [0, 0.1) is 10.1 Å². The number of carbonyl (C=O) groups excluding carboxylic acids is 1. The molecule has 1 saturated heterocycles. The number of non-ortho nitro benzene ring substituents is 1. The Morgan fingerprint density at radius 1 is 1.39 bits per heavy atom. The van der Waals surface area contributed by atoms with E-state index in [2.05, 4.69) is 15.6 Å². The Hall–Kier alpha value is -2.11. The van der Waals surface area contributed by atoms with Gasteiger partial charge in [0.1, 0.15) is 5.60 Å². The number of likely N-dealkylation sites (tertiary alicyclic amines) is 1. The maximum absolute atomic E-state index is 12.0. The average molecular weight is 505 g/mol. The van der Waals surface area contributed by atoms with Crippen molar-refractivity contribution < 1.29 is 14.5 Å². The molecule has 0 radical (unpaired) electrons. The first-order valence-corrected chi connectivity index (χ1v) is 8.94. The molecule has 1 amide bonds. The van der Waals surface area contributed by atoms with Crippen LogP contribution >= 0.6 is 24.0 Å². The molecule has 2 rings (SSSR count). The van der Waals surface area contributed by atoms with Crippen LogP contribution in [0.5, 0.6) is 0 Å². The molecule has 0 aromatic heterocycles. The zero-order chi connectivity index (χ0) is 20.0. The van der Waals surface area contributed by atoms with E-state index in [-0.39, 0.29) is 41.8 Å². The molecular formula is C18H28IN5O4. The van der Waals surface area contributed by atoms with E-state index < -0.39 is 10.5 Å². The minimum atomic E-state index is -0.510. The summed E-state index contributed by atoms with van der Waals surface area (Å²) >= 11 is 0. The molecule has 1 aromatic rings. The number of aliphatic imine (C=N–C) groups is 1. The highest BCUT2D eigenvalue weighted by atomic mass is 127.